The molecule has 0 aliphatic carbocycles. The predicted octanol–water partition coefficient (Wildman–Crippen LogP) is 5.01. The molecule has 0 atom stereocenters. The van der Waals surface area contributed by atoms with E-state index >= 15 is 0 Å². The minimum atomic E-state index is -0.0546. The molecule has 30 heavy (non-hydrogen) atoms. The summed E-state index contributed by atoms with van der Waals surface area (Å²) in [6, 6.07) is 16.8. The Morgan fingerprint density at radius 3 is 2.07 bits per heavy atom. The Labute approximate surface area is 181 Å². The molecule has 0 radical (unpaired) electrons. The first kappa shape index (κ1) is 22.2. The molecule has 0 N–H and O–H groups in total. The number of piperazine rings is 1. The van der Waals surface area contributed by atoms with Gasteiger partial charge in [-0.25, -0.2) is 0 Å². The molecule has 0 bridgehead atoms. The number of ether oxygens (including phenoxy) is 1. The maximum Gasteiger partial charge on any atom is 0.260 e. The third-order valence-electron chi connectivity index (χ3n) is 5.76. The van der Waals surface area contributed by atoms with E-state index in [0.29, 0.717) is 0 Å². The topological polar surface area (TPSA) is 32.8 Å². The third kappa shape index (κ3) is 5.35. The molecule has 0 unspecified atom stereocenters. The summed E-state index contributed by atoms with van der Waals surface area (Å²) >= 11 is 0. The maximum absolute atomic E-state index is 12.8. The van der Waals surface area contributed by atoms with Gasteiger partial charge in [-0.1, -0.05) is 71.9 Å². The fourth-order valence-electron chi connectivity index (χ4n) is 3.79. The molecular formula is C26H36N2O2. The molecule has 0 spiro atoms. The Morgan fingerprint density at radius 1 is 0.867 bits per heavy atom. The Balaban J connectivity index is 1.62. The summed E-state index contributed by atoms with van der Waals surface area (Å²) in [5.41, 5.74) is 3.67. The monoisotopic (exact) mass is 408 g/mol. The second-order valence-corrected chi connectivity index (χ2v) is 10.2. The minimum absolute atomic E-state index is 0.0546. The lowest BCUT2D eigenvalue weighted by atomic mass is 9.80. The number of anilines is 1. The molecular weight excluding hydrogens is 372 g/mol. The standard InChI is InChI=1S/C26H36N2O2/c1-25(2,3)20-12-13-23(22(18-20)26(4,5)6)30-19-24(29)28-16-14-27(15-17-28)21-10-8-7-9-11-21/h7-13,18H,14-17,19H2,1-6H3. The van der Waals surface area contributed by atoms with E-state index in [-0.39, 0.29) is 23.3 Å². The Kier molecular flexibility index (Phi) is 6.44. The number of nitrogens with zero attached hydrogens (tertiary/aromatic N) is 2. The molecule has 0 saturated carbocycles. The zero-order chi connectivity index (χ0) is 21.9. The second kappa shape index (κ2) is 8.71. The van der Waals surface area contributed by atoms with Gasteiger partial charge in [-0.3, -0.25) is 4.79 Å². The number of carbonyl (C=O) groups excluding carboxylic acids is 1. The summed E-state index contributed by atoms with van der Waals surface area (Å²) in [4.78, 5) is 17.0. The third-order valence-corrected chi connectivity index (χ3v) is 5.76. The van der Waals surface area contributed by atoms with E-state index in [2.05, 4.69) is 82.8 Å². The fourth-order valence-corrected chi connectivity index (χ4v) is 3.79. The largest absolute Gasteiger partial charge is 0.483 e. The van der Waals surface area contributed by atoms with Gasteiger partial charge in [0.2, 0.25) is 0 Å². The van der Waals surface area contributed by atoms with Crippen LogP contribution in [0.25, 0.3) is 0 Å². The molecule has 3 rings (SSSR count). The van der Waals surface area contributed by atoms with Crippen molar-refractivity contribution in [2.75, 3.05) is 37.7 Å². The van der Waals surface area contributed by atoms with Crippen molar-refractivity contribution in [3.8, 4) is 5.75 Å². The highest BCUT2D eigenvalue weighted by Crippen LogP contribution is 2.35. The van der Waals surface area contributed by atoms with E-state index < -0.39 is 0 Å². The van der Waals surface area contributed by atoms with Crippen LogP contribution in [0.3, 0.4) is 0 Å². The van der Waals surface area contributed by atoms with Gasteiger partial charge in [0.25, 0.3) is 5.91 Å². The number of para-hydroxylation sites is 1. The van der Waals surface area contributed by atoms with Crippen molar-refractivity contribution in [1.82, 2.24) is 4.90 Å². The number of hydrogen-bond donors (Lipinski definition) is 0. The molecule has 1 fully saturated rings. The normalized spacial score (nSPS) is 15.3. The highest BCUT2D eigenvalue weighted by atomic mass is 16.5. The smallest absolute Gasteiger partial charge is 0.260 e. The van der Waals surface area contributed by atoms with Gasteiger partial charge in [-0.15, -0.1) is 0 Å². The van der Waals surface area contributed by atoms with Gasteiger partial charge >= 0.3 is 0 Å². The van der Waals surface area contributed by atoms with Crippen LogP contribution < -0.4 is 9.64 Å². The second-order valence-electron chi connectivity index (χ2n) is 10.2. The molecule has 162 valence electrons. The van der Waals surface area contributed by atoms with Crippen molar-refractivity contribution in [3.05, 3.63) is 59.7 Å². The van der Waals surface area contributed by atoms with Crippen molar-refractivity contribution in [3.63, 3.8) is 0 Å². The van der Waals surface area contributed by atoms with Gasteiger partial charge in [0.05, 0.1) is 0 Å². The van der Waals surface area contributed by atoms with Crippen LogP contribution in [0.5, 0.6) is 5.75 Å². The quantitative estimate of drug-likeness (QED) is 0.713. The van der Waals surface area contributed by atoms with Gasteiger partial charge in [-0.05, 0) is 40.2 Å². The van der Waals surface area contributed by atoms with E-state index in [4.69, 9.17) is 4.74 Å². The molecule has 1 aliphatic heterocycles. The summed E-state index contributed by atoms with van der Waals surface area (Å²) in [5.74, 6) is 0.870. The van der Waals surface area contributed by atoms with Crippen LogP contribution in [0, 0.1) is 0 Å². The summed E-state index contributed by atoms with van der Waals surface area (Å²) in [6.07, 6.45) is 0. The molecule has 1 aliphatic rings. The number of rotatable bonds is 4. The predicted molar refractivity (Wildman–Crippen MR) is 125 cm³/mol. The Hall–Kier alpha value is -2.49. The van der Waals surface area contributed by atoms with Gasteiger partial charge in [0.1, 0.15) is 5.75 Å². The van der Waals surface area contributed by atoms with Crippen LogP contribution in [0.2, 0.25) is 0 Å². The molecule has 4 nitrogen and oxygen atoms in total. The van der Waals surface area contributed by atoms with Crippen molar-refractivity contribution >= 4 is 11.6 Å². The summed E-state index contributed by atoms with van der Waals surface area (Å²) in [6.45, 7) is 16.5. The first-order valence-corrected chi connectivity index (χ1v) is 10.9. The molecule has 4 heteroatoms. The van der Waals surface area contributed by atoms with E-state index in [9.17, 15) is 4.79 Å². The number of hydrogen-bond acceptors (Lipinski definition) is 3. The van der Waals surface area contributed by atoms with Crippen molar-refractivity contribution < 1.29 is 9.53 Å². The lowest BCUT2D eigenvalue weighted by Crippen LogP contribution is -2.50. The number of amides is 1. The highest BCUT2D eigenvalue weighted by Gasteiger charge is 2.25. The van der Waals surface area contributed by atoms with E-state index in [1.807, 2.05) is 17.0 Å². The van der Waals surface area contributed by atoms with Crippen LogP contribution >= 0.6 is 0 Å². The number of benzene rings is 2. The van der Waals surface area contributed by atoms with Crippen LogP contribution in [0.4, 0.5) is 5.69 Å². The average molecular weight is 409 g/mol. The highest BCUT2D eigenvalue weighted by molar-refractivity contribution is 5.78. The van der Waals surface area contributed by atoms with Crippen molar-refractivity contribution in [2.24, 2.45) is 0 Å². The first-order valence-electron chi connectivity index (χ1n) is 10.9. The zero-order valence-electron chi connectivity index (χ0n) is 19.4. The Morgan fingerprint density at radius 2 is 1.50 bits per heavy atom. The van der Waals surface area contributed by atoms with E-state index in [0.717, 1.165) is 37.5 Å². The zero-order valence-corrected chi connectivity index (χ0v) is 19.4. The molecule has 2 aromatic carbocycles. The fraction of sp³-hybridized carbons (Fsp3) is 0.500. The van der Waals surface area contributed by atoms with Crippen molar-refractivity contribution in [1.29, 1.82) is 0 Å². The first-order chi connectivity index (χ1) is 14.1. The molecule has 2 aromatic rings. The van der Waals surface area contributed by atoms with E-state index in [1.54, 1.807) is 0 Å². The molecule has 0 aromatic heterocycles. The van der Waals surface area contributed by atoms with Gasteiger partial charge < -0.3 is 14.5 Å². The van der Waals surface area contributed by atoms with E-state index in [1.165, 1.54) is 11.3 Å². The lowest BCUT2D eigenvalue weighted by molar-refractivity contribution is -0.133. The lowest BCUT2D eigenvalue weighted by Gasteiger charge is -2.36. The van der Waals surface area contributed by atoms with Gasteiger partial charge in [-0.2, -0.15) is 0 Å². The number of carbonyl (C=O) groups is 1. The van der Waals surface area contributed by atoms with Gasteiger partial charge in [0.15, 0.2) is 6.61 Å². The average Bonchev–Trinajstić information content (AvgIpc) is 2.71. The summed E-state index contributed by atoms with van der Waals surface area (Å²) < 4.78 is 6.05. The molecule has 1 amide bonds. The SMILES string of the molecule is CC(C)(C)c1ccc(OCC(=O)N2CCN(c3ccccc3)CC2)c(C(C)(C)C)c1. The van der Waals surface area contributed by atoms with Crippen LogP contribution in [-0.4, -0.2) is 43.6 Å². The maximum atomic E-state index is 12.8. The minimum Gasteiger partial charge on any atom is -0.483 e. The van der Waals surface area contributed by atoms with Gasteiger partial charge in [0, 0.05) is 31.9 Å². The summed E-state index contributed by atoms with van der Waals surface area (Å²) in [7, 11) is 0. The summed E-state index contributed by atoms with van der Waals surface area (Å²) in [5, 5.41) is 0. The molecule has 1 heterocycles. The molecule has 1 saturated heterocycles. The van der Waals surface area contributed by atoms with Crippen LogP contribution in [0.15, 0.2) is 48.5 Å². The van der Waals surface area contributed by atoms with Crippen molar-refractivity contribution in [2.45, 2.75) is 52.4 Å². The van der Waals surface area contributed by atoms with Crippen LogP contribution in [-0.2, 0) is 15.6 Å². The Bertz CT molecular complexity index is 855. The van der Waals surface area contributed by atoms with Crippen LogP contribution in [0.1, 0.15) is 52.7 Å².